The third-order valence-electron chi connectivity index (χ3n) is 2.04. The van der Waals surface area contributed by atoms with Crippen LogP contribution in [0.2, 0.25) is 0 Å². The molecule has 0 saturated carbocycles. The number of rotatable bonds is 4. The predicted octanol–water partition coefficient (Wildman–Crippen LogP) is 1.91. The number of hydrogen-bond acceptors (Lipinski definition) is 5. The monoisotopic (exact) mass is 260 g/mol. The Morgan fingerprint density at radius 1 is 1.28 bits per heavy atom. The molecule has 5 nitrogen and oxygen atoms in total. The van der Waals surface area contributed by atoms with Crippen LogP contribution in [0.3, 0.4) is 0 Å². The van der Waals surface area contributed by atoms with Crippen LogP contribution in [0.5, 0.6) is 0 Å². The van der Waals surface area contributed by atoms with Crippen LogP contribution in [0.15, 0.2) is 41.8 Å². The summed E-state index contributed by atoms with van der Waals surface area (Å²) >= 11 is 1.30. The number of thioether (sulfide) groups is 1. The average molecular weight is 260 g/mol. The molecule has 0 radical (unpaired) electrons. The predicted molar refractivity (Wildman–Crippen MR) is 70.4 cm³/mol. The molecule has 92 valence electrons. The second-order valence-corrected chi connectivity index (χ2v) is 4.47. The molecule has 2 rings (SSSR count). The van der Waals surface area contributed by atoms with E-state index in [-0.39, 0.29) is 11.7 Å². The van der Waals surface area contributed by atoms with Gasteiger partial charge in [0.05, 0.1) is 5.75 Å². The number of carbonyl (C=O) groups excluding carboxylic acids is 1. The highest BCUT2D eigenvalue weighted by Gasteiger charge is 2.05. The summed E-state index contributed by atoms with van der Waals surface area (Å²) in [7, 11) is 0. The Balaban J connectivity index is 1.85. The lowest BCUT2D eigenvalue weighted by Crippen LogP contribution is -2.15. The minimum Gasteiger partial charge on any atom is -0.310 e. The molecule has 2 aromatic heterocycles. The van der Waals surface area contributed by atoms with E-state index in [0.29, 0.717) is 11.0 Å². The molecular formula is C12H12N4OS. The van der Waals surface area contributed by atoms with Crippen LogP contribution in [0.4, 0.5) is 5.82 Å². The van der Waals surface area contributed by atoms with Gasteiger partial charge in [-0.1, -0.05) is 17.8 Å². The molecule has 0 spiro atoms. The van der Waals surface area contributed by atoms with Gasteiger partial charge in [-0.2, -0.15) is 0 Å². The minimum absolute atomic E-state index is 0.121. The van der Waals surface area contributed by atoms with Crippen LogP contribution >= 0.6 is 11.8 Å². The summed E-state index contributed by atoms with van der Waals surface area (Å²) in [4.78, 5) is 23.9. The first kappa shape index (κ1) is 12.5. The smallest absolute Gasteiger partial charge is 0.236 e. The highest BCUT2D eigenvalue weighted by atomic mass is 32.2. The summed E-state index contributed by atoms with van der Waals surface area (Å²) in [6.45, 7) is 1.89. The summed E-state index contributed by atoms with van der Waals surface area (Å²) in [5, 5.41) is 3.30. The fourth-order valence-corrected chi connectivity index (χ4v) is 1.92. The number of hydrogen-bond donors (Lipinski definition) is 1. The van der Waals surface area contributed by atoms with Gasteiger partial charge in [0.1, 0.15) is 5.82 Å². The molecule has 0 aliphatic rings. The van der Waals surface area contributed by atoms with Gasteiger partial charge in [0.25, 0.3) is 0 Å². The zero-order valence-corrected chi connectivity index (χ0v) is 10.6. The number of amides is 1. The number of nitrogens with zero attached hydrogens (tertiary/aromatic N) is 3. The molecule has 0 bridgehead atoms. The average Bonchev–Trinajstić information content (AvgIpc) is 2.38. The third-order valence-corrected chi connectivity index (χ3v) is 2.90. The number of aryl methyl sites for hydroxylation is 1. The molecule has 0 atom stereocenters. The molecule has 1 amide bonds. The van der Waals surface area contributed by atoms with E-state index in [1.807, 2.05) is 19.1 Å². The standard InChI is InChI=1S/C12H12N4OS/c1-9-5-7-14-12(15-9)18-8-11(17)16-10-4-2-3-6-13-10/h2-7H,8H2,1H3,(H,13,16,17). The van der Waals surface area contributed by atoms with Gasteiger partial charge >= 0.3 is 0 Å². The molecule has 2 aromatic rings. The Morgan fingerprint density at radius 3 is 2.89 bits per heavy atom. The zero-order chi connectivity index (χ0) is 12.8. The van der Waals surface area contributed by atoms with Crippen molar-refractivity contribution in [3.8, 4) is 0 Å². The van der Waals surface area contributed by atoms with E-state index in [4.69, 9.17) is 0 Å². The van der Waals surface area contributed by atoms with Crippen molar-refractivity contribution in [3.63, 3.8) is 0 Å². The second-order valence-electron chi connectivity index (χ2n) is 3.53. The number of pyridine rings is 1. The van der Waals surface area contributed by atoms with Crippen molar-refractivity contribution >= 4 is 23.5 Å². The van der Waals surface area contributed by atoms with Crippen LogP contribution in [0.25, 0.3) is 0 Å². The van der Waals surface area contributed by atoms with Crippen LogP contribution in [0, 0.1) is 6.92 Å². The quantitative estimate of drug-likeness (QED) is 0.672. The molecule has 6 heteroatoms. The maximum Gasteiger partial charge on any atom is 0.236 e. The molecule has 0 unspecified atom stereocenters. The molecule has 0 fully saturated rings. The third kappa shape index (κ3) is 3.81. The molecule has 0 aliphatic heterocycles. The van der Waals surface area contributed by atoms with E-state index in [0.717, 1.165) is 5.69 Å². The van der Waals surface area contributed by atoms with Crippen LogP contribution in [-0.4, -0.2) is 26.6 Å². The van der Waals surface area contributed by atoms with E-state index in [9.17, 15) is 4.79 Å². The van der Waals surface area contributed by atoms with E-state index >= 15 is 0 Å². The largest absolute Gasteiger partial charge is 0.310 e. The Labute approximate surface area is 109 Å². The number of aromatic nitrogens is 3. The maximum atomic E-state index is 11.6. The highest BCUT2D eigenvalue weighted by molar-refractivity contribution is 7.99. The summed E-state index contributed by atoms with van der Waals surface area (Å²) < 4.78 is 0. The maximum absolute atomic E-state index is 11.6. The van der Waals surface area contributed by atoms with Crippen LogP contribution < -0.4 is 5.32 Å². The molecular weight excluding hydrogens is 248 g/mol. The van der Waals surface area contributed by atoms with Crippen molar-refractivity contribution in [3.05, 3.63) is 42.4 Å². The summed E-state index contributed by atoms with van der Waals surface area (Å²) in [6, 6.07) is 7.17. The number of anilines is 1. The highest BCUT2D eigenvalue weighted by Crippen LogP contribution is 2.12. The van der Waals surface area contributed by atoms with Gasteiger partial charge < -0.3 is 5.32 Å². The minimum atomic E-state index is -0.121. The normalized spacial score (nSPS) is 10.1. The van der Waals surface area contributed by atoms with E-state index in [2.05, 4.69) is 20.3 Å². The van der Waals surface area contributed by atoms with Crippen molar-refractivity contribution in [2.45, 2.75) is 12.1 Å². The van der Waals surface area contributed by atoms with Gasteiger partial charge in [-0.3, -0.25) is 4.79 Å². The number of carbonyl (C=O) groups is 1. The number of nitrogens with one attached hydrogen (secondary N) is 1. The van der Waals surface area contributed by atoms with Crippen LogP contribution in [0.1, 0.15) is 5.69 Å². The molecule has 18 heavy (non-hydrogen) atoms. The first-order valence-corrected chi connectivity index (χ1v) is 6.36. The van der Waals surface area contributed by atoms with Gasteiger partial charge in [0, 0.05) is 18.1 Å². The molecule has 0 aliphatic carbocycles. The van der Waals surface area contributed by atoms with Crippen LogP contribution in [-0.2, 0) is 4.79 Å². The summed E-state index contributed by atoms with van der Waals surface area (Å²) in [6.07, 6.45) is 3.31. The van der Waals surface area contributed by atoms with Gasteiger partial charge in [-0.05, 0) is 25.1 Å². The Hall–Kier alpha value is -1.95. The van der Waals surface area contributed by atoms with E-state index < -0.39 is 0 Å². The van der Waals surface area contributed by atoms with Crippen molar-refractivity contribution < 1.29 is 4.79 Å². The second kappa shape index (κ2) is 6.11. The Kier molecular flexibility index (Phi) is 4.25. The summed E-state index contributed by atoms with van der Waals surface area (Å²) in [5.74, 6) is 0.692. The van der Waals surface area contributed by atoms with Crippen molar-refractivity contribution in [1.82, 2.24) is 15.0 Å². The van der Waals surface area contributed by atoms with E-state index in [1.54, 1.807) is 24.5 Å². The molecule has 2 heterocycles. The van der Waals surface area contributed by atoms with Gasteiger partial charge in [0.2, 0.25) is 5.91 Å². The van der Waals surface area contributed by atoms with Gasteiger partial charge in [0.15, 0.2) is 5.16 Å². The lowest BCUT2D eigenvalue weighted by Gasteiger charge is -2.03. The van der Waals surface area contributed by atoms with E-state index in [1.165, 1.54) is 11.8 Å². The fourth-order valence-electron chi connectivity index (χ4n) is 1.24. The lowest BCUT2D eigenvalue weighted by molar-refractivity contribution is -0.113. The zero-order valence-electron chi connectivity index (χ0n) is 9.83. The van der Waals surface area contributed by atoms with Gasteiger partial charge in [-0.15, -0.1) is 0 Å². The molecule has 0 saturated heterocycles. The topological polar surface area (TPSA) is 67.8 Å². The molecule has 0 aromatic carbocycles. The first-order chi connectivity index (χ1) is 8.74. The lowest BCUT2D eigenvalue weighted by atomic mass is 10.4. The SMILES string of the molecule is Cc1ccnc(SCC(=O)Nc2ccccn2)n1. The van der Waals surface area contributed by atoms with Crippen molar-refractivity contribution in [2.75, 3.05) is 11.1 Å². The van der Waals surface area contributed by atoms with Crippen molar-refractivity contribution in [1.29, 1.82) is 0 Å². The first-order valence-electron chi connectivity index (χ1n) is 5.37. The van der Waals surface area contributed by atoms with Gasteiger partial charge in [-0.25, -0.2) is 15.0 Å². The summed E-state index contributed by atoms with van der Waals surface area (Å²) in [5.41, 5.74) is 0.887. The Morgan fingerprint density at radius 2 is 2.17 bits per heavy atom. The van der Waals surface area contributed by atoms with Crippen molar-refractivity contribution in [2.24, 2.45) is 0 Å². The Bertz CT molecular complexity index is 533. The fraction of sp³-hybridized carbons (Fsp3) is 0.167. The molecule has 1 N–H and O–H groups in total.